The Balaban J connectivity index is 2.75. The van der Waals surface area contributed by atoms with Crippen LogP contribution >= 0.6 is 0 Å². The third-order valence-electron chi connectivity index (χ3n) is 5.55. The van der Waals surface area contributed by atoms with Crippen LogP contribution in [0.2, 0.25) is 18.1 Å². The van der Waals surface area contributed by atoms with Gasteiger partial charge in [-0.1, -0.05) is 51.1 Å². The van der Waals surface area contributed by atoms with Crippen LogP contribution in [0.1, 0.15) is 36.7 Å². The predicted octanol–water partition coefficient (Wildman–Crippen LogP) is 6.36. The summed E-state index contributed by atoms with van der Waals surface area (Å²) in [5, 5.41) is 0. The number of halogens is 3. The van der Waals surface area contributed by atoms with Gasteiger partial charge in [0.25, 0.3) is 0 Å². The third-order valence-corrected chi connectivity index (χ3v) is 10.2. The summed E-state index contributed by atoms with van der Waals surface area (Å²) in [5.41, 5.74) is -3.31. The molecule has 0 bridgehead atoms. The van der Waals surface area contributed by atoms with E-state index in [2.05, 4.69) is 0 Å². The van der Waals surface area contributed by atoms with Crippen LogP contribution in [0, 0.1) is 0 Å². The van der Waals surface area contributed by atoms with Gasteiger partial charge in [-0.05, 0) is 48.0 Å². The van der Waals surface area contributed by atoms with Crippen LogP contribution in [0.5, 0.6) is 5.75 Å². The highest BCUT2D eigenvalue weighted by Crippen LogP contribution is 2.48. The Hall–Kier alpha value is -2.12. The van der Waals surface area contributed by atoms with Gasteiger partial charge in [0.05, 0.1) is 7.11 Å². The number of ether oxygens (including phenoxy) is 1. The summed E-state index contributed by atoms with van der Waals surface area (Å²) in [4.78, 5) is 13.5. The molecule has 3 nitrogen and oxygen atoms in total. The third kappa shape index (κ3) is 4.40. The lowest BCUT2D eigenvalue weighted by molar-refractivity contribution is -0.235. The van der Waals surface area contributed by atoms with Gasteiger partial charge in [0.2, 0.25) is 11.4 Å². The van der Waals surface area contributed by atoms with Gasteiger partial charge in [0.1, 0.15) is 5.75 Å². The highest BCUT2D eigenvalue weighted by Gasteiger charge is 2.65. The summed E-state index contributed by atoms with van der Waals surface area (Å²) < 4.78 is 55.3. The first kappa shape index (κ1) is 23.2. The first-order valence-corrected chi connectivity index (χ1v) is 12.2. The molecule has 7 heteroatoms. The van der Waals surface area contributed by atoms with Crippen LogP contribution < -0.4 is 4.74 Å². The molecule has 0 amide bonds. The highest BCUT2D eigenvalue weighted by atomic mass is 28.4. The summed E-state index contributed by atoms with van der Waals surface area (Å²) in [6.45, 7) is 5.51. The summed E-state index contributed by atoms with van der Waals surface area (Å²) in [5.74, 6) is -0.648. The van der Waals surface area contributed by atoms with Gasteiger partial charge in [0.15, 0.2) is 8.32 Å². The minimum Gasteiger partial charge on any atom is -0.497 e. The number of carbonyl (C=O) groups is 1. The van der Waals surface area contributed by atoms with Crippen molar-refractivity contribution in [2.24, 2.45) is 0 Å². The van der Waals surface area contributed by atoms with Crippen molar-refractivity contribution >= 4 is 14.1 Å². The molecule has 0 aliphatic heterocycles. The van der Waals surface area contributed by atoms with Gasteiger partial charge in [-0.2, -0.15) is 13.2 Å². The van der Waals surface area contributed by atoms with Crippen LogP contribution in [0.15, 0.2) is 54.6 Å². The summed E-state index contributed by atoms with van der Waals surface area (Å²) >= 11 is 0. The number of ketones is 1. The van der Waals surface area contributed by atoms with E-state index < -0.39 is 25.9 Å². The Morgan fingerprint density at radius 2 is 1.41 bits per heavy atom. The quantitative estimate of drug-likeness (QED) is 0.347. The molecule has 0 heterocycles. The van der Waals surface area contributed by atoms with Gasteiger partial charge < -0.3 is 9.16 Å². The molecule has 0 spiro atoms. The molecule has 2 rings (SSSR count). The molecule has 158 valence electrons. The minimum atomic E-state index is -4.93. The second kappa shape index (κ2) is 9.13. The predicted molar refractivity (Wildman–Crippen MR) is 110 cm³/mol. The topological polar surface area (TPSA) is 35.5 Å². The number of Topliss-reactive ketones (excluding diaryl/α,β-unsaturated/α-hetero) is 1. The van der Waals surface area contributed by atoms with E-state index in [0.29, 0.717) is 23.9 Å². The fraction of sp³-hybridized carbons (Fsp3) is 0.409. The number of hydrogen-bond donors (Lipinski definition) is 0. The maximum Gasteiger partial charge on any atom is 0.428 e. The molecule has 29 heavy (non-hydrogen) atoms. The van der Waals surface area contributed by atoms with Crippen LogP contribution in [0.25, 0.3) is 0 Å². The van der Waals surface area contributed by atoms with Crippen LogP contribution in [0.4, 0.5) is 13.2 Å². The van der Waals surface area contributed by atoms with Crippen LogP contribution in [-0.2, 0) is 10.0 Å². The molecule has 0 aliphatic carbocycles. The van der Waals surface area contributed by atoms with Crippen molar-refractivity contribution in [3.05, 3.63) is 65.7 Å². The number of alkyl halides is 3. The lowest BCUT2D eigenvalue weighted by atomic mass is 9.85. The number of carbonyl (C=O) groups excluding carboxylic acids is 1. The molecule has 1 unspecified atom stereocenters. The number of rotatable bonds is 9. The van der Waals surface area contributed by atoms with Gasteiger partial charge in [-0.15, -0.1) is 0 Å². The van der Waals surface area contributed by atoms with E-state index in [1.54, 1.807) is 6.07 Å². The molecule has 0 saturated heterocycles. The lowest BCUT2D eigenvalue weighted by Crippen LogP contribution is -2.58. The van der Waals surface area contributed by atoms with E-state index in [1.807, 2.05) is 20.8 Å². The largest absolute Gasteiger partial charge is 0.497 e. The molecule has 0 N–H and O–H groups in total. The summed E-state index contributed by atoms with van der Waals surface area (Å²) in [7, 11) is -1.37. The number of methoxy groups -OCH3 is 1. The van der Waals surface area contributed by atoms with E-state index in [1.165, 1.54) is 55.6 Å². The zero-order valence-corrected chi connectivity index (χ0v) is 18.2. The van der Waals surface area contributed by atoms with Gasteiger partial charge in [0, 0.05) is 5.56 Å². The van der Waals surface area contributed by atoms with E-state index >= 15 is 0 Å². The number of hydrogen-bond acceptors (Lipinski definition) is 3. The molecule has 0 fully saturated rings. The minimum absolute atomic E-state index is 0.0711. The average Bonchev–Trinajstić information content (AvgIpc) is 2.74. The highest BCUT2D eigenvalue weighted by molar-refractivity contribution is 6.73. The Bertz CT molecular complexity index is 794. The monoisotopic (exact) mass is 424 g/mol. The molecule has 0 aromatic heterocycles. The van der Waals surface area contributed by atoms with Crippen LogP contribution in [0.3, 0.4) is 0 Å². The van der Waals surface area contributed by atoms with E-state index in [4.69, 9.17) is 9.16 Å². The Labute approximate surface area is 171 Å². The average molecular weight is 425 g/mol. The van der Waals surface area contributed by atoms with Crippen molar-refractivity contribution in [3.8, 4) is 5.75 Å². The van der Waals surface area contributed by atoms with Crippen molar-refractivity contribution in [3.63, 3.8) is 0 Å². The van der Waals surface area contributed by atoms with Gasteiger partial charge in [-0.25, -0.2) is 0 Å². The van der Waals surface area contributed by atoms with E-state index in [-0.39, 0.29) is 11.1 Å². The molecule has 1 atom stereocenters. The van der Waals surface area contributed by atoms with Gasteiger partial charge >= 0.3 is 6.18 Å². The molecule has 2 aromatic carbocycles. The standard InChI is InChI=1S/C22H27F3O3Si/c1-5-29(6-2,7-3)28-21(22(23,24)25,18-11-9-8-10-12-18)20(26)17-13-15-19(27-4)16-14-17/h8-16H,5-7H2,1-4H3. The smallest absolute Gasteiger partial charge is 0.428 e. The first-order chi connectivity index (χ1) is 13.7. The van der Waals surface area contributed by atoms with Crippen molar-refractivity contribution in [1.29, 1.82) is 0 Å². The Morgan fingerprint density at radius 1 is 0.897 bits per heavy atom. The fourth-order valence-corrected chi connectivity index (χ4v) is 6.41. The summed E-state index contributed by atoms with van der Waals surface area (Å²) in [6, 6.07) is 14.3. The van der Waals surface area contributed by atoms with E-state index in [0.717, 1.165) is 0 Å². The normalized spacial score (nSPS) is 14.3. The van der Waals surface area contributed by atoms with Crippen molar-refractivity contribution in [2.75, 3.05) is 7.11 Å². The maximum atomic E-state index is 14.7. The molecular formula is C22H27F3O3Si. The number of benzene rings is 2. The SMILES string of the molecule is CC[Si](CC)(CC)OC(C(=O)c1ccc(OC)cc1)(c1ccccc1)C(F)(F)F. The fourth-order valence-electron chi connectivity index (χ4n) is 3.50. The molecule has 0 radical (unpaired) electrons. The molecule has 0 aliphatic rings. The van der Waals surface area contributed by atoms with E-state index in [9.17, 15) is 18.0 Å². The Kier molecular flexibility index (Phi) is 7.29. The second-order valence-electron chi connectivity index (χ2n) is 6.95. The van der Waals surface area contributed by atoms with Gasteiger partial charge in [-0.3, -0.25) is 4.79 Å². The van der Waals surface area contributed by atoms with Crippen molar-refractivity contribution in [1.82, 2.24) is 0 Å². The molecule has 0 saturated carbocycles. The molecular weight excluding hydrogens is 397 g/mol. The van der Waals surface area contributed by atoms with Crippen LogP contribution in [-0.4, -0.2) is 27.4 Å². The Morgan fingerprint density at radius 3 is 1.83 bits per heavy atom. The maximum absolute atomic E-state index is 14.7. The second-order valence-corrected chi connectivity index (χ2v) is 11.6. The zero-order chi connectivity index (χ0) is 21.7. The molecule has 2 aromatic rings. The van der Waals surface area contributed by atoms with Crippen molar-refractivity contribution < 1.29 is 27.1 Å². The zero-order valence-electron chi connectivity index (χ0n) is 17.2. The first-order valence-electron chi connectivity index (χ1n) is 9.71. The summed E-state index contributed by atoms with van der Waals surface area (Å²) in [6.07, 6.45) is -4.93. The van der Waals surface area contributed by atoms with Crippen molar-refractivity contribution in [2.45, 2.75) is 50.7 Å². The lowest BCUT2D eigenvalue weighted by Gasteiger charge is -2.42.